The van der Waals surface area contributed by atoms with Crippen LogP contribution in [0.3, 0.4) is 0 Å². The van der Waals surface area contributed by atoms with E-state index in [0.29, 0.717) is 6.61 Å². The van der Waals surface area contributed by atoms with Crippen LogP contribution < -0.4 is 5.43 Å². The van der Waals surface area contributed by atoms with Crippen molar-refractivity contribution in [2.75, 3.05) is 6.61 Å². The monoisotopic (exact) mass is 427 g/mol. The van der Waals surface area contributed by atoms with E-state index in [1.165, 1.54) is 0 Å². The molecule has 0 aliphatic heterocycles. The number of hydrazone groups is 1. The maximum Gasteiger partial charge on any atom is 0.325 e. The summed E-state index contributed by atoms with van der Waals surface area (Å²) in [7, 11) is 0. The third-order valence-corrected chi connectivity index (χ3v) is 5.49. The number of hydrogen-bond donors (Lipinski definition) is 1. The van der Waals surface area contributed by atoms with Crippen molar-refractivity contribution in [1.29, 1.82) is 0 Å². The molecule has 162 valence electrons. The van der Waals surface area contributed by atoms with Crippen LogP contribution in [0.4, 0.5) is 0 Å². The van der Waals surface area contributed by atoms with Gasteiger partial charge in [-0.2, -0.15) is 5.10 Å². The van der Waals surface area contributed by atoms with Gasteiger partial charge in [0.25, 0.3) is 0 Å². The van der Waals surface area contributed by atoms with Crippen LogP contribution in [0.15, 0.2) is 71.8 Å². The van der Waals surface area contributed by atoms with E-state index in [9.17, 15) is 9.59 Å². The Kier molecular flexibility index (Phi) is 6.31. The lowest BCUT2D eigenvalue weighted by molar-refractivity contribution is -0.143. The van der Waals surface area contributed by atoms with Crippen molar-refractivity contribution in [1.82, 2.24) is 9.99 Å². The van der Waals surface area contributed by atoms with Crippen molar-refractivity contribution >= 4 is 39.8 Å². The lowest BCUT2D eigenvalue weighted by atomic mass is 10.0. The summed E-state index contributed by atoms with van der Waals surface area (Å²) < 4.78 is 7.02. The van der Waals surface area contributed by atoms with Gasteiger partial charge in [-0.1, -0.05) is 60.7 Å². The number of nitrogens with zero attached hydrogens (tertiary/aromatic N) is 2. The number of carbonyl (C=O) groups is 2. The molecule has 0 saturated heterocycles. The molecule has 0 aliphatic carbocycles. The Labute approximate surface area is 186 Å². The highest BCUT2D eigenvalue weighted by Crippen LogP contribution is 2.24. The van der Waals surface area contributed by atoms with Gasteiger partial charge >= 0.3 is 5.97 Å². The minimum Gasteiger partial charge on any atom is -0.465 e. The van der Waals surface area contributed by atoms with E-state index in [-0.39, 0.29) is 24.8 Å². The van der Waals surface area contributed by atoms with Gasteiger partial charge in [-0.15, -0.1) is 0 Å². The van der Waals surface area contributed by atoms with Crippen LogP contribution in [0.2, 0.25) is 0 Å². The average molecular weight is 428 g/mol. The summed E-state index contributed by atoms with van der Waals surface area (Å²) in [6, 6.07) is 21.7. The fourth-order valence-electron chi connectivity index (χ4n) is 3.99. The number of esters is 1. The first-order chi connectivity index (χ1) is 15.6. The molecule has 6 nitrogen and oxygen atoms in total. The van der Waals surface area contributed by atoms with Crippen molar-refractivity contribution < 1.29 is 14.3 Å². The maximum absolute atomic E-state index is 12.5. The third kappa shape index (κ3) is 4.39. The molecule has 1 heterocycles. The van der Waals surface area contributed by atoms with Gasteiger partial charge in [0, 0.05) is 22.2 Å². The van der Waals surface area contributed by atoms with Crippen LogP contribution in [0.5, 0.6) is 0 Å². The largest absolute Gasteiger partial charge is 0.465 e. The standard InChI is InChI=1S/C26H25N3O3/c1-3-32-26(31)17-29-18(2)23(22-13-6-7-14-24(22)29)16-27-28-25(30)15-20-11-8-10-19-9-4-5-12-21(19)20/h4-14,16H,3,15,17H2,1-2H3,(H,28,30)/b27-16-. The molecule has 1 aromatic heterocycles. The average Bonchev–Trinajstić information content (AvgIpc) is 3.05. The molecule has 32 heavy (non-hydrogen) atoms. The van der Waals surface area contributed by atoms with Crippen molar-refractivity contribution in [3.05, 3.63) is 83.6 Å². The first-order valence-electron chi connectivity index (χ1n) is 10.6. The van der Waals surface area contributed by atoms with Crippen molar-refractivity contribution in [3.63, 3.8) is 0 Å². The number of amides is 1. The van der Waals surface area contributed by atoms with Crippen LogP contribution in [0.25, 0.3) is 21.7 Å². The number of ether oxygens (including phenoxy) is 1. The molecule has 3 aromatic carbocycles. The molecule has 0 atom stereocenters. The number of nitrogens with one attached hydrogen (secondary N) is 1. The minimum atomic E-state index is -0.289. The van der Waals surface area contributed by atoms with E-state index < -0.39 is 0 Å². The summed E-state index contributed by atoms with van der Waals surface area (Å²) in [6.07, 6.45) is 1.88. The van der Waals surface area contributed by atoms with Gasteiger partial charge in [-0.05, 0) is 36.2 Å². The number of carbonyl (C=O) groups excluding carboxylic acids is 2. The zero-order valence-corrected chi connectivity index (χ0v) is 18.2. The minimum absolute atomic E-state index is 0.126. The van der Waals surface area contributed by atoms with Gasteiger partial charge in [0.2, 0.25) is 5.91 Å². The van der Waals surface area contributed by atoms with E-state index in [4.69, 9.17) is 4.74 Å². The summed E-state index contributed by atoms with van der Waals surface area (Å²) in [6.45, 7) is 4.19. The number of hydrogen-bond acceptors (Lipinski definition) is 4. The highest BCUT2D eigenvalue weighted by molar-refractivity contribution is 6.02. The second-order valence-corrected chi connectivity index (χ2v) is 7.52. The molecule has 1 amide bonds. The molecule has 6 heteroatoms. The first kappa shape index (κ1) is 21.3. The summed E-state index contributed by atoms with van der Waals surface area (Å²) in [5.41, 5.74) is 6.25. The van der Waals surface area contributed by atoms with Crippen LogP contribution in [-0.4, -0.2) is 29.3 Å². The maximum atomic E-state index is 12.5. The lowest BCUT2D eigenvalue weighted by Crippen LogP contribution is -2.20. The van der Waals surface area contributed by atoms with Gasteiger partial charge in [0.05, 0.1) is 19.2 Å². The second kappa shape index (κ2) is 9.47. The SMILES string of the molecule is CCOC(=O)Cn1c(C)c(/C=N\NC(=O)Cc2cccc3ccccc23)c2ccccc21. The molecule has 0 radical (unpaired) electrons. The lowest BCUT2D eigenvalue weighted by Gasteiger charge is -2.07. The Bertz CT molecular complexity index is 1320. The number of rotatable bonds is 7. The molecule has 4 rings (SSSR count). The van der Waals surface area contributed by atoms with Crippen molar-refractivity contribution in [2.45, 2.75) is 26.8 Å². The quantitative estimate of drug-likeness (QED) is 0.271. The Hall–Kier alpha value is -3.93. The highest BCUT2D eigenvalue weighted by Gasteiger charge is 2.15. The van der Waals surface area contributed by atoms with Crippen LogP contribution in [-0.2, 0) is 27.3 Å². The highest BCUT2D eigenvalue weighted by atomic mass is 16.5. The fourth-order valence-corrected chi connectivity index (χ4v) is 3.99. The zero-order valence-electron chi connectivity index (χ0n) is 18.2. The third-order valence-electron chi connectivity index (χ3n) is 5.49. The van der Waals surface area contributed by atoms with Gasteiger partial charge in [-0.25, -0.2) is 5.43 Å². The fraction of sp³-hybridized carbons (Fsp3) is 0.192. The van der Waals surface area contributed by atoms with Gasteiger partial charge in [-0.3, -0.25) is 9.59 Å². The molecule has 0 spiro atoms. The van der Waals surface area contributed by atoms with E-state index in [1.54, 1.807) is 13.1 Å². The topological polar surface area (TPSA) is 72.7 Å². The predicted molar refractivity (Wildman–Crippen MR) is 127 cm³/mol. The molecule has 0 aliphatic rings. The Morgan fingerprint density at radius 3 is 2.53 bits per heavy atom. The van der Waals surface area contributed by atoms with Crippen LogP contribution in [0, 0.1) is 6.92 Å². The number of aromatic nitrogens is 1. The molecule has 1 N–H and O–H groups in total. The Morgan fingerprint density at radius 2 is 1.72 bits per heavy atom. The van der Waals surface area contributed by atoms with Crippen molar-refractivity contribution in [3.8, 4) is 0 Å². The summed E-state index contributed by atoms with van der Waals surface area (Å²) in [5.74, 6) is -0.478. The van der Waals surface area contributed by atoms with Gasteiger partial charge in [0.1, 0.15) is 6.54 Å². The number of para-hydroxylation sites is 1. The molecule has 0 saturated carbocycles. The van der Waals surface area contributed by atoms with Gasteiger partial charge in [0.15, 0.2) is 0 Å². The van der Waals surface area contributed by atoms with Gasteiger partial charge < -0.3 is 9.30 Å². The van der Waals surface area contributed by atoms with E-state index >= 15 is 0 Å². The number of benzene rings is 3. The predicted octanol–water partition coefficient (Wildman–Crippen LogP) is 4.36. The first-order valence-corrected chi connectivity index (χ1v) is 10.6. The smallest absolute Gasteiger partial charge is 0.325 e. The van der Waals surface area contributed by atoms with Crippen LogP contribution in [0.1, 0.15) is 23.7 Å². The second-order valence-electron chi connectivity index (χ2n) is 7.52. The number of fused-ring (bicyclic) bond motifs is 2. The molecular formula is C26H25N3O3. The Balaban J connectivity index is 1.53. The van der Waals surface area contributed by atoms with E-state index in [1.807, 2.05) is 78.2 Å². The molecule has 4 aromatic rings. The summed E-state index contributed by atoms with van der Waals surface area (Å²) >= 11 is 0. The van der Waals surface area contributed by atoms with E-state index in [2.05, 4.69) is 10.5 Å². The normalized spacial score (nSPS) is 11.3. The molecule has 0 unspecified atom stereocenters. The van der Waals surface area contributed by atoms with Crippen LogP contribution >= 0.6 is 0 Å². The zero-order chi connectivity index (χ0) is 22.5. The van der Waals surface area contributed by atoms with E-state index in [0.717, 1.165) is 38.5 Å². The summed E-state index contributed by atoms with van der Waals surface area (Å²) in [5, 5.41) is 7.33. The molecule has 0 fully saturated rings. The Morgan fingerprint density at radius 1 is 1.00 bits per heavy atom. The van der Waals surface area contributed by atoms with Crippen molar-refractivity contribution in [2.24, 2.45) is 5.10 Å². The summed E-state index contributed by atoms with van der Waals surface area (Å²) in [4.78, 5) is 24.6. The molecule has 0 bridgehead atoms. The molecular weight excluding hydrogens is 402 g/mol.